The smallest absolute Gasteiger partial charge is 0.173 e. The molecule has 1 atom stereocenters. The van der Waals surface area contributed by atoms with Gasteiger partial charge in [0.1, 0.15) is 5.76 Å². The van der Waals surface area contributed by atoms with Gasteiger partial charge in [-0.3, -0.25) is 9.89 Å². The SMILES string of the molecule is Cc1nc(Sc2ccc(C3C4=C(CCCC4=O)Nc4n[nH]cc43)o2)[nH]c1-c1ccc(Cl)cc1. The summed E-state index contributed by atoms with van der Waals surface area (Å²) in [6, 6.07) is 11.5. The number of carbonyl (C=O) groups excluding carboxylic acids is 1. The fraction of sp³-hybridized carbons (Fsp3) is 0.208. The minimum absolute atomic E-state index is 0.167. The van der Waals surface area contributed by atoms with Crippen LogP contribution in [0.5, 0.6) is 0 Å². The van der Waals surface area contributed by atoms with E-state index in [9.17, 15) is 4.79 Å². The van der Waals surface area contributed by atoms with Gasteiger partial charge in [0.2, 0.25) is 0 Å². The second kappa shape index (κ2) is 7.97. The molecule has 0 fully saturated rings. The van der Waals surface area contributed by atoms with Gasteiger partial charge < -0.3 is 14.7 Å². The summed E-state index contributed by atoms with van der Waals surface area (Å²) >= 11 is 7.44. The minimum Gasteiger partial charge on any atom is -0.453 e. The highest BCUT2D eigenvalue weighted by atomic mass is 35.5. The summed E-state index contributed by atoms with van der Waals surface area (Å²) in [6.45, 7) is 1.97. The zero-order chi connectivity index (χ0) is 22.5. The van der Waals surface area contributed by atoms with Crippen molar-refractivity contribution in [3.63, 3.8) is 0 Å². The number of aromatic nitrogens is 4. The Balaban J connectivity index is 1.31. The molecule has 6 rings (SSSR count). The van der Waals surface area contributed by atoms with Crippen LogP contribution in [0.3, 0.4) is 0 Å². The van der Waals surface area contributed by atoms with E-state index in [1.165, 1.54) is 11.8 Å². The van der Waals surface area contributed by atoms with E-state index in [1.54, 1.807) is 0 Å². The maximum absolute atomic E-state index is 12.8. The number of allylic oxidation sites excluding steroid dienone is 2. The van der Waals surface area contributed by atoms with Crippen LogP contribution in [0.1, 0.15) is 42.2 Å². The Morgan fingerprint density at radius 3 is 2.85 bits per heavy atom. The first-order chi connectivity index (χ1) is 16.1. The van der Waals surface area contributed by atoms with Gasteiger partial charge in [-0.05, 0) is 61.4 Å². The molecule has 166 valence electrons. The molecule has 0 saturated heterocycles. The van der Waals surface area contributed by atoms with Gasteiger partial charge in [0.15, 0.2) is 21.8 Å². The lowest BCUT2D eigenvalue weighted by molar-refractivity contribution is -0.116. The van der Waals surface area contributed by atoms with E-state index in [0.29, 0.717) is 16.5 Å². The largest absolute Gasteiger partial charge is 0.453 e. The predicted molar refractivity (Wildman–Crippen MR) is 127 cm³/mol. The van der Waals surface area contributed by atoms with E-state index in [1.807, 2.05) is 49.5 Å². The van der Waals surface area contributed by atoms with Crippen molar-refractivity contribution in [2.75, 3.05) is 5.32 Å². The molecule has 0 spiro atoms. The quantitative estimate of drug-likeness (QED) is 0.330. The lowest BCUT2D eigenvalue weighted by Gasteiger charge is -2.30. The van der Waals surface area contributed by atoms with E-state index in [0.717, 1.165) is 63.4 Å². The van der Waals surface area contributed by atoms with E-state index < -0.39 is 0 Å². The van der Waals surface area contributed by atoms with E-state index in [4.69, 9.17) is 16.0 Å². The molecule has 1 aliphatic heterocycles. The molecule has 2 aliphatic rings. The highest BCUT2D eigenvalue weighted by molar-refractivity contribution is 7.99. The Kier molecular flexibility index (Phi) is 4.92. The Bertz CT molecular complexity index is 1400. The van der Waals surface area contributed by atoms with Gasteiger partial charge >= 0.3 is 0 Å². The van der Waals surface area contributed by atoms with Gasteiger partial charge in [0.25, 0.3) is 0 Å². The van der Waals surface area contributed by atoms with Crippen molar-refractivity contribution in [2.45, 2.75) is 42.4 Å². The van der Waals surface area contributed by atoms with Crippen molar-refractivity contribution < 1.29 is 9.21 Å². The average molecular weight is 478 g/mol. The zero-order valence-corrected chi connectivity index (χ0v) is 19.3. The third-order valence-electron chi connectivity index (χ3n) is 6.07. The van der Waals surface area contributed by atoms with Crippen LogP contribution in [-0.4, -0.2) is 25.9 Å². The van der Waals surface area contributed by atoms with Crippen molar-refractivity contribution in [2.24, 2.45) is 0 Å². The lowest BCUT2D eigenvalue weighted by Crippen LogP contribution is -2.26. The number of anilines is 1. The highest BCUT2D eigenvalue weighted by Gasteiger charge is 2.38. The third kappa shape index (κ3) is 3.59. The summed E-state index contributed by atoms with van der Waals surface area (Å²) in [5.41, 5.74) is 5.54. The highest BCUT2D eigenvalue weighted by Crippen LogP contribution is 2.45. The Morgan fingerprint density at radius 1 is 1.15 bits per heavy atom. The lowest BCUT2D eigenvalue weighted by atomic mass is 9.79. The van der Waals surface area contributed by atoms with Crippen LogP contribution in [0.25, 0.3) is 11.3 Å². The van der Waals surface area contributed by atoms with Gasteiger partial charge in [-0.25, -0.2) is 4.98 Å². The number of carbonyl (C=O) groups is 1. The molecule has 7 nitrogen and oxygen atoms in total. The van der Waals surface area contributed by atoms with Crippen LogP contribution in [-0.2, 0) is 4.79 Å². The van der Waals surface area contributed by atoms with Crippen LogP contribution in [0, 0.1) is 6.92 Å². The number of ketones is 1. The normalized spacial score (nSPS) is 17.6. The second-order valence-corrected chi connectivity index (χ2v) is 9.61. The number of imidazole rings is 1. The summed E-state index contributed by atoms with van der Waals surface area (Å²) < 4.78 is 6.25. The number of hydrogen-bond donors (Lipinski definition) is 3. The molecule has 0 radical (unpaired) electrons. The Labute approximate surface area is 199 Å². The first-order valence-electron chi connectivity index (χ1n) is 10.7. The van der Waals surface area contributed by atoms with E-state index in [-0.39, 0.29) is 11.7 Å². The molecule has 0 bridgehead atoms. The summed E-state index contributed by atoms with van der Waals surface area (Å²) in [5.74, 6) is 1.39. The Hall–Kier alpha value is -3.23. The molecule has 3 N–H and O–H groups in total. The number of Topliss-reactive ketones (excluding diaryl/α,β-unsaturated/α-hetero) is 1. The maximum Gasteiger partial charge on any atom is 0.173 e. The van der Waals surface area contributed by atoms with Crippen LogP contribution in [0.15, 0.2) is 68.5 Å². The molecule has 3 aromatic heterocycles. The van der Waals surface area contributed by atoms with Crippen molar-refractivity contribution >= 4 is 35.0 Å². The van der Waals surface area contributed by atoms with Gasteiger partial charge in [0.05, 0.1) is 17.3 Å². The Morgan fingerprint density at radius 2 is 2.00 bits per heavy atom. The van der Waals surface area contributed by atoms with Crippen molar-refractivity contribution in [3.05, 3.63) is 75.9 Å². The van der Waals surface area contributed by atoms with Crippen LogP contribution in [0.2, 0.25) is 5.02 Å². The molecule has 1 aliphatic carbocycles. The number of aryl methyl sites for hydroxylation is 1. The average Bonchev–Trinajstić information content (AvgIpc) is 3.53. The van der Waals surface area contributed by atoms with Crippen LogP contribution in [0.4, 0.5) is 5.82 Å². The van der Waals surface area contributed by atoms with E-state index >= 15 is 0 Å². The zero-order valence-electron chi connectivity index (χ0n) is 17.7. The number of benzene rings is 1. The molecule has 1 aromatic carbocycles. The van der Waals surface area contributed by atoms with E-state index in [2.05, 4.69) is 25.5 Å². The molecule has 0 amide bonds. The van der Waals surface area contributed by atoms with Crippen molar-refractivity contribution in [1.29, 1.82) is 0 Å². The van der Waals surface area contributed by atoms with Crippen LogP contribution >= 0.6 is 23.4 Å². The van der Waals surface area contributed by atoms with Gasteiger partial charge in [-0.15, -0.1) is 0 Å². The number of nitrogens with one attached hydrogen (secondary N) is 3. The molecule has 1 unspecified atom stereocenters. The fourth-order valence-electron chi connectivity index (χ4n) is 4.56. The molecule has 4 heterocycles. The van der Waals surface area contributed by atoms with Gasteiger partial charge in [-0.1, -0.05) is 23.7 Å². The molecule has 0 saturated carbocycles. The number of furan rings is 1. The summed E-state index contributed by atoms with van der Waals surface area (Å²) in [5, 5.41) is 12.7. The summed E-state index contributed by atoms with van der Waals surface area (Å²) in [6.07, 6.45) is 4.09. The second-order valence-electron chi connectivity index (χ2n) is 8.18. The number of nitrogens with zero attached hydrogens (tertiary/aromatic N) is 2. The number of fused-ring (bicyclic) bond motifs is 1. The number of halogens is 1. The number of hydrogen-bond acceptors (Lipinski definition) is 6. The molecule has 33 heavy (non-hydrogen) atoms. The number of rotatable bonds is 4. The predicted octanol–water partition coefficient (Wildman–Crippen LogP) is 6.07. The van der Waals surface area contributed by atoms with Crippen molar-refractivity contribution in [3.8, 4) is 11.3 Å². The molecule has 4 aromatic rings. The first-order valence-corrected chi connectivity index (χ1v) is 11.9. The molecular weight excluding hydrogens is 458 g/mol. The first kappa shape index (κ1) is 20.4. The minimum atomic E-state index is -0.264. The number of aromatic amines is 2. The topological polar surface area (TPSA) is 99.6 Å². The van der Waals surface area contributed by atoms with Gasteiger partial charge in [-0.2, -0.15) is 5.10 Å². The molecule has 9 heteroatoms. The third-order valence-corrected chi connectivity index (χ3v) is 7.13. The standard InChI is InChI=1S/C24H20ClN5O2S/c1-12-22(13-5-7-14(25)8-6-13)29-24(27-12)33-19-10-9-18(32-19)20-15-11-26-30-23(15)28-16-3-2-4-17(31)21(16)20/h5-11,20H,2-4H2,1H3,(H,27,29)(H2,26,28,30). The molecular formula is C24H20ClN5O2S. The summed E-state index contributed by atoms with van der Waals surface area (Å²) in [7, 11) is 0. The maximum atomic E-state index is 12.8. The fourth-order valence-corrected chi connectivity index (χ4v) is 5.49. The summed E-state index contributed by atoms with van der Waals surface area (Å²) in [4.78, 5) is 20.9. The monoisotopic (exact) mass is 477 g/mol. The van der Waals surface area contributed by atoms with Crippen LogP contribution < -0.4 is 5.32 Å². The number of H-pyrrole nitrogens is 2. The van der Waals surface area contributed by atoms with Crippen molar-refractivity contribution in [1.82, 2.24) is 20.2 Å². The van der Waals surface area contributed by atoms with Gasteiger partial charge in [0, 0.05) is 34.5 Å².